The highest BCUT2D eigenvalue weighted by atomic mass is 16.1. The number of ketones is 1. The first-order valence-corrected chi connectivity index (χ1v) is 5.50. The lowest BCUT2D eigenvalue weighted by Gasteiger charge is -2.17. The average Bonchev–Trinajstić information content (AvgIpc) is 2.30. The van der Waals surface area contributed by atoms with E-state index in [-0.39, 0.29) is 5.78 Å². The first-order chi connectivity index (χ1) is 8.17. The Morgan fingerprint density at radius 3 is 2.18 bits per heavy atom. The standard InChI is InChI=1S/C14H18N2O/c1-3-9-16(10-4-2)11-14(17)12-5-7-13(15)8-6-12/h3-8H,1-2,9-11,15H2. The molecule has 0 aliphatic rings. The van der Waals surface area contributed by atoms with Crippen molar-refractivity contribution in [2.75, 3.05) is 25.4 Å². The Morgan fingerprint density at radius 2 is 1.71 bits per heavy atom. The number of Topliss-reactive ketones (excluding diaryl/α,β-unsaturated/α-hetero) is 1. The number of nitrogen functional groups attached to an aromatic ring is 1. The maximum absolute atomic E-state index is 12.0. The number of rotatable bonds is 7. The summed E-state index contributed by atoms with van der Waals surface area (Å²) in [6.45, 7) is 9.05. The van der Waals surface area contributed by atoms with Gasteiger partial charge in [0.1, 0.15) is 0 Å². The van der Waals surface area contributed by atoms with Crippen LogP contribution < -0.4 is 5.73 Å². The van der Waals surface area contributed by atoms with Gasteiger partial charge in [-0.1, -0.05) is 12.2 Å². The number of benzene rings is 1. The topological polar surface area (TPSA) is 46.3 Å². The van der Waals surface area contributed by atoms with Crippen LogP contribution in [0.2, 0.25) is 0 Å². The van der Waals surface area contributed by atoms with Gasteiger partial charge in [0.2, 0.25) is 0 Å². The summed E-state index contributed by atoms with van der Waals surface area (Å²) in [7, 11) is 0. The summed E-state index contributed by atoms with van der Waals surface area (Å²) in [5.74, 6) is 0.0775. The summed E-state index contributed by atoms with van der Waals surface area (Å²) in [6.07, 6.45) is 3.56. The number of hydrogen-bond donors (Lipinski definition) is 1. The van der Waals surface area contributed by atoms with E-state index in [1.165, 1.54) is 0 Å². The summed E-state index contributed by atoms with van der Waals surface area (Å²) in [6, 6.07) is 6.96. The average molecular weight is 230 g/mol. The van der Waals surface area contributed by atoms with Gasteiger partial charge in [0.15, 0.2) is 5.78 Å². The maximum Gasteiger partial charge on any atom is 0.176 e. The summed E-state index contributed by atoms with van der Waals surface area (Å²) in [4.78, 5) is 13.9. The first-order valence-electron chi connectivity index (χ1n) is 5.50. The van der Waals surface area contributed by atoms with Gasteiger partial charge in [0, 0.05) is 24.3 Å². The fourth-order valence-electron chi connectivity index (χ4n) is 1.53. The van der Waals surface area contributed by atoms with E-state index in [4.69, 9.17) is 5.73 Å². The second-order valence-electron chi connectivity index (χ2n) is 3.82. The normalized spacial score (nSPS) is 10.2. The van der Waals surface area contributed by atoms with Crippen molar-refractivity contribution in [2.45, 2.75) is 0 Å². The molecule has 0 saturated heterocycles. The molecule has 3 nitrogen and oxygen atoms in total. The lowest BCUT2D eigenvalue weighted by molar-refractivity contribution is 0.0945. The highest BCUT2D eigenvalue weighted by molar-refractivity contribution is 5.97. The molecule has 0 bridgehead atoms. The van der Waals surface area contributed by atoms with Crippen LogP contribution in [0.4, 0.5) is 5.69 Å². The van der Waals surface area contributed by atoms with E-state index in [0.29, 0.717) is 30.9 Å². The van der Waals surface area contributed by atoms with Crippen LogP contribution in [-0.2, 0) is 0 Å². The van der Waals surface area contributed by atoms with Gasteiger partial charge in [-0.15, -0.1) is 13.2 Å². The van der Waals surface area contributed by atoms with Crippen LogP contribution in [-0.4, -0.2) is 30.3 Å². The van der Waals surface area contributed by atoms with Crippen LogP contribution in [0.5, 0.6) is 0 Å². The molecule has 0 aromatic heterocycles. The minimum absolute atomic E-state index is 0.0775. The predicted molar refractivity (Wildman–Crippen MR) is 72.0 cm³/mol. The van der Waals surface area contributed by atoms with Gasteiger partial charge in [-0.05, 0) is 24.3 Å². The van der Waals surface area contributed by atoms with E-state index in [1.54, 1.807) is 36.4 Å². The van der Waals surface area contributed by atoms with E-state index in [0.717, 1.165) is 0 Å². The zero-order valence-corrected chi connectivity index (χ0v) is 9.93. The molecule has 0 aliphatic carbocycles. The zero-order chi connectivity index (χ0) is 12.7. The Hall–Kier alpha value is -1.87. The van der Waals surface area contributed by atoms with Crippen LogP contribution in [0.1, 0.15) is 10.4 Å². The van der Waals surface area contributed by atoms with Crippen molar-refractivity contribution in [2.24, 2.45) is 0 Å². The molecule has 1 rings (SSSR count). The Balaban J connectivity index is 2.65. The fourth-order valence-corrected chi connectivity index (χ4v) is 1.53. The van der Waals surface area contributed by atoms with Crippen LogP contribution in [0.15, 0.2) is 49.6 Å². The quantitative estimate of drug-likeness (QED) is 0.443. The zero-order valence-electron chi connectivity index (χ0n) is 9.93. The molecule has 1 aromatic carbocycles. The van der Waals surface area contributed by atoms with E-state index in [1.807, 2.05) is 4.90 Å². The summed E-state index contributed by atoms with van der Waals surface area (Å²) in [5.41, 5.74) is 6.92. The Labute approximate surface area is 102 Å². The van der Waals surface area contributed by atoms with E-state index >= 15 is 0 Å². The molecule has 0 heterocycles. The van der Waals surface area contributed by atoms with Crippen LogP contribution in [0.25, 0.3) is 0 Å². The largest absolute Gasteiger partial charge is 0.399 e. The van der Waals surface area contributed by atoms with E-state index < -0.39 is 0 Å². The van der Waals surface area contributed by atoms with Gasteiger partial charge in [0.25, 0.3) is 0 Å². The van der Waals surface area contributed by atoms with Crippen molar-refractivity contribution >= 4 is 11.5 Å². The highest BCUT2D eigenvalue weighted by Crippen LogP contribution is 2.07. The molecule has 0 amide bonds. The molecule has 17 heavy (non-hydrogen) atoms. The lowest BCUT2D eigenvalue weighted by atomic mass is 10.1. The SMILES string of the molecule is C=CCN(CC=C)CC(=O)c1ccc(N)cc1. The van der Waals surface area contributed by atoms with Crippen molar-refractivity contribution in [3.63, 3.8) is 0 Å². The molecule has 90 valence electrons. The first kappa shape index (κ1) is 13.2. The molecule has 0 unspecified atom stereocenters. The fraction of sp³-hybridized carbons (Fsp3) is 0.214. The minimum Gasteiger partial charge on any atom is -0.399 e. The van der Waals surface area contributed by atoms with Gasteiger partial charge in [-0.3, -0.25) is 9.69 Å². The monoisotopic (exact) mass is 230 g/mol. The Bertz CT molecular complexity index is 385. The number of nitrogens with zero attached hydrogens (tertiary/aromatic N) is 1. The lowest BCUT2D eigenvalue weighted by Crippen LogP contribution is -2.30. The molecule has 0 spiro atoms. The van der Waals surface area contributed by atoms with E-state index in [9.17, 15) is 4.79 Å². The number of carbonyl (C=O) groups excluding carboxylic acids is 1. The second-order valence-corrected chi connectivity index (χ2v) is 3.82. The molecular weight excluding hydrogens is 212 g/mol. The Kier molecular flexibility index (Phi) is 5.17. The minimum atomic E-state index is 0.0775. The Morgan fingerprint density at radius 1 is 1.18 bits per heavy atom. The smallest absolute Gasteiger partial charge is 0.176 e. The third-order valence-electron chi connectivity index (χ3n) is 2.37. The van der Waals surface area contributed by atoms with Gasteiger partial charge in [-0.2, -0.15) is 0 Å². The highest BCUT2D eigenvalue weighted by Gasteiger charge is 2.10. The molecule has 0 fully saturated rings. The summed E-state index contributed by atoms with van der Waals surface area (Å²) < 4.78 is 0. The van der Waals surface area contributed by atoms with Gasteiger partial charge >= 0.3 is 0 Å². The van der Waals surface area contributed by atoms with E-state index in [2.05, 4.69) is 13.2 Å². The maximum atomic E-state index is 12.0. The van der Waals surface area contributed by atoms with Crippen molar-refractivity contribution < 1.29 is 4.79 Å². The predicted octanol–water partition coefficient (Wildman–Crippen LogP) is 2.13. The van der Waals surface area contributed by atoms with Gasteiger partial charge in [0.05, 0.1) is 6.54 Å². The molecule has 3 heteroatoms. The molecule has 0 radical (unpaired) electrons. The molecular formula is C14H18N2O. The molecule has 0 saturated carbocycles. The van der Waals surface area contributed by atoms with Crippen LogP contribution in [0.3, 0.4) is 0 Å². The number of anilines is 1. The van der Waals surface area contributed by atoms with Crippen molar-refractivity contribution in [1.29, 1.82) is 0 Å². The number of nitrogens with two attached hydrogens (primary N) is 1. The number of hydrogen-bond acceptors (Lipinski definition) is 3. The third-order valence-corrected chi connectivity index (χ3v) is 2.37. The van der Waals surface area contributed by atoms with Crippen molar-refractivity contribution in [3.8, 4) is 0 Å². The summed E-state index contributed by atoms with van der Waals surface area (Å²) in [5, 5.41) is 0. The summed E-state index contributed by atoms with van der Waals surface area (Å²) >= 11 is 0. The molecule has 2 N–H and O–H groups in total. The van der Waals surface area contributed by atoms with Crippen molar-refractivity contribution in [3.05, 3.63) is 55.1 Å². The van der Waals surface area contributed by atoms with Crippen molar-refractivity contribution in [1.82, 2.24) is 4.90 Å². The van der Waals surface area contributed by atoms with Gasteiger partial charge < -0.3 is 5.73 Å². The second kappa shape index (κ2) is 6.66. The molecule has 1 aromatic rings. The van der Waals surface area contributed by atoms with Gasteiger partial charge in [-0.25, -0.2) is 0 Å². The molecule has 0 aliphatic heterocycles. The molecule has 0 atom stereocenters. The third kappa shape index (κ3) is 4.25. The number of carbonyl (C=O) groups is 1. The van der Waals surface area contributed by atoms with Crippen LogP contribution >= 0.6 is 0 Å². The van der Waals surface area contributed by atoms with Crippen LogP contribution in [0, 0.1) is 0 Å².